The first-order chi connectivity index (χ1) is 14.3. The molecule has 0 amide bonds. The number of hydrogen-bond donors (Lipinski definition) is 3. The second-order valence-corrected chi connectivity index (χ2v) is 9.41. The van der Waals surface area contributed by atoms with E-state index >= 15 is 0 Å². The summed E-state index contributed by atoms with van der Waals surface area (Å²) in [5.41, 5.74) is 6.62. The van der Waals surface area contributed by atoms with Crippen LogP contribution in [0.4, 0.5) is 5.82 Å². The molecule has 3 aromatic rings. The molecule has 0 unspecified atom stereocenters. The van der Waals surface area contributed by atoms with Gasteiger partial charge < -0.3 is 0 Å². The summed E-state index contributed by atoms with van der Waals surface area (Å²) in [7, 11) is -1.90. The van der Waals surface area contributed by atoms with Gasteiger partial charge in [-0.1, -0.05) is 0 Å². The number of aromatic nitrogens is 4. The zero-order valence-electron chi connectivity index (χ0n) is 16.5. The first-order valence-corrected chi connectivity index (χ1v) is 11.7. The Morgan fingerprint density at radius 2 is 1.97 bits per heavy atom. The number of fused-ring (bicyclic) bond motifs is 1. The predicted octanol–water partition coefficient (Wildman–Crippen LogP) is 0.547. The molecule has 160 valence electrons. The minimum absolute atomic E-state index is 0.0844. The number of rotatable bonds is 3. The molecule has 11 nitrogen and oxygen atoms in total. The van der Waals surface area contributed by atoms with Crippen molar-refractivity contribution in [1.82, 2.24) is 19.5 Å². The third-order valence-corrected chi connectivity index (χ3v) is 5.89. The van der Waals surface area contributed by atoms with Crippen LogP contribution < -0.4 is 10.5 Å². The van der Waals surface area contributed by atoms with Crippen molar-refractivity contribution in [3.63, 3.8) is 0 Å². The fourth-order valence-electron chi connectivity index (χ4n) is 3.04. The molecule has 0 saturated carbocycles. The molecular weight excluding hydrogens is 412 g/mol. The molecule has 0 spiro atoms. The van der Waals surface area contributed by atoms with E-state index in [2.05, 4.69) is 15.0 Å². The van der Waals surface area contributed by atoms with Gasteiger partial charge in [0.1, 0.15) is 0 Å². The standard InChI is InChI=1S/C17H23BN5O6P/c1-10-7-26-30(18,25)27-8-12(24)16(28-10)23-15-13(14(19)20-9-21-15)22-17(23)29-11-5-3-2-4-6-11/h2-6,9-10,12,16,24-25,30H,7-8,18H2,1H3,(H2,19,20,21)/t10-,12-,16+/m0/s1. The van der Waals surface area contributed by atoms with Crippen LogP contribution in [0, 0.1) is 0 Å². The monoisotopic (exact) mass is 435 g/mol. The first-order valence-electron chi connectivity index (χ1n) is 9.39. The van der Waals surface area contributed by atoms with Crippen molar-refractivity contribution in [1.29, 1.82) is 0 Å². The zero-order valence-corrected chi connectivity index (χ0v) is 17.5. The molecule has 1 fully saturated rings. The van der Waals surface area contributed by atoms with Crippen LogP contribution in [0.1, 0.15) is 13.2 Å². The Kier molecular flexibility index (Phi) is 5.87. The van der Waals surface area contributed by atoms with Crippen molar-refractivity contribution in [3.8, 4) is 11.8 Å². The van der Waals surface area contributed by atoms with Gasteiger partial charge in [0, 0.05) is 0 Å². The summed E-state index contributed by atoms with van der Waals surface area (Å²) in [6.45, 7) is 1.62. The van der Waals surface area contributed by atoms with Crippen LogP contribution in [0.3, 0.4) is 0 Å². The van der Waals surface area contributed by atoms with Crippen molar-refractivity contribution < 1.29 is 28.5 Å². The summed E-state index contributed by atoms with van der Waals surface area (Å²) >= 11 is 0. The summed E-state index contributed by atoms with van der Waals surface area (Å²) in [5, 5.41) is 10.9. The quantitative estimate of drug-likeness (QED) is 0.394. The SMILES string of the molecule is B[PH]1(O)OC[C@H](C)O[C@@H](n2c(Oc3ccccc3)nc3c(N)ncnc32)[C@@H](O)CO1. The summed E-state index contributed by atoms with van der Waals surface area (Å²) in [6.07, 6.45) is -1.36. The van der Waals surface area contributed by atoms with Crippen molar-refractivity contribution in [2.75, 3.05) is 18.9 Å². The summed E-state index contributed by atoms with van der Waals surface area (Å²) < 4.78 is 24.4. The number of nitrogens with two attached hydrogens (primary N) is 1. The van der Waals surface area contributed by atoms with Gasteiger partial charge in [-0.2, -0.15) is 0 Å². The van der Waals surface area contributed by atoms with Crippen molar-refractivity contribution in [2.24, 2.45) is 0 Å². The average Bonchev–Trinajstić information content (AvgIpc) is 3.09. The molecule has 4 rings (SSSR count). The zero-order chi connectivity index (χ0) is 21.3. The van der Waals surface area contributed by atoms with Crippen molar-refractivity contribution in [2.45, 2.75) is 25.4 Å². The van der Waals surface area contributed by atoms with Crippen molar-refractivity contribution in [3.05, 3.63) is 36.7 Å². The number of aliphatic hydroxyl groups is 1. The number of ether oxygens (including phenoxy) is 2. The molecule has 0 bridgehead atoms. The molecule has 2 aromatic heterocycles. The fraction of sp³-hybridized carbons (Fsp3) is 0.353. The van der Waals surface area contributed by atoms with Crippen LogP contribution in [-0.2, 0) is 13.8 Å². The maximum absolute atomic E-state index is 10.9. The van der Waals surface area contributed by atoms with E-state index in [9.17, 15) is 10.00 Å². The van der Waals surface area contributed by atoms with Crippen molar-refractivity contribution >= 4 is 32.4 Å². The second-order valence-electron chi connectivity index (χ2n) is 7.03. The van der Waals surface area contributed by atoms with Gasteiger partial charge in [-0.05, 0) is 0 Å². The van der Waals surface area contributed by atoms with Crippen LogP contribution in [-0.4, -0.2) is 62.5 Å². The third-order valence-electron chi connectivity index (χ3n) is 4.49. The Morgan fingerprint density at radius 1 is 1.23 bits per heavy atom. The molecule has 3 atom stereocenters. The Labute approximate surface area is 173 Å². The molecule has 0 aliphatic carbocycles. The predicted molar refractivity (Wildman–Crippen MR) is 113 cm³/mol. The van der Waals surface area contributed by atoms with E-state index in [1.54, 1.807) is 19.1 Å². The van der Waals surface area contributed by atoms with E-state index in [0.717, 1.165) is 0 Å². The molecule has 1 aliphatic heterocycles. The number of anilines is 1. The molecule has 1 aromatic carbocycles. The Hall–Kier alpha value is -2.34. The molecule has 1 aliphatic rings. The van der Waals surface area contributed by atoms with Gasteiger partial charge in [-0.15, -0.1) is 0 Å². The second kappa shape index (κ2) is 8.42. The minimum atomic E-state index is -3.38. The average molecular weight is 435 g/mol. The summed E-state index contributed by atoms with van der Waals surface area (Å²) in [4.78, 5) is 22.9. The van der Waals surface area contributed by atoms with E-state index < -0.39 is 26.3 Å². The van der Waals surface area contributed by atoms with E-state index in [0.29, 0.717) is 16.9 Å². The Balaban J connectivity index is 1.80. The van der Waals surface area contributed by atoms with Gasteiger partial charge in [-0.25, -0.2) is 0 Å². The van der Waals surface area contributed by atoms with E-state index in [4.69, 9.17) is 24.3 Å². The van der Waals surface area contributed by atoms with E-state index in [1.165, 1.54) is 18.5 Å². The molecular formula is C17H23BN5O6P. The Morgan fingerprint density at radius 3 is 2.73 bits per heavy atom. The number of benzene rings is 1. The van der Waals surface area contributed by atoms with Gasteiger partial charge in [0.15, 0.2) is 0 Å². The van der Waals surface area contributed by atoms with Crippen LogP contribution in [0.5, 0.6) is 11.8 Å². The maximum atomic E-state index is 10.9. The number of imidazole rings is 1. The van der Waals surface area contributed by atoms with Crippen LogP contribution >= 0.6 is 7.82 Å². The van der Waals surface area contributed by atoms with Crippen LogP contribution in [0.25, 0.3) is 11.2 Å². The Bertz CT molecular complexity index is 1020. The number of hydrogen-bond acceptors (Lipinski definition) is 10. The summed E-state index contributed by atoms with van der Waals surface area (Å²) in [5.74, 6) is 0.693. The number of nitrogen functional groups attached to an aromatic ring is 1. The first kappa shape index (κ1) is 20.9. The van der Waals surface area contributed by atoms with Crippen LogP contribution in [0.15, 0.2) is 36.7 Å². The topological polar surface area (TPSA) is 147 Å². The number of nitrogens with zero attached hydrogens (tertiary/aromatic N) is 4. The molecule has 3 heterocycles. The summed E-state index contributed by atoms with van der Waals surface area (Å²) in [6, 6.07) is 9.15. The number of aliphatic hydroxyl groups excluding tert-OH is 1. The van der Waals surface area contributed by atoms with Gasteiger partial charge >= 0.3 is 173 Å². The van der Waals surface area contributed by atoms with E-state index in [1.807, 2.05) is 18.2 Å². The van der Waals surface area contributed by atoms with Gasteiger partial charge in [0.2, 0.25) is 0 Å². The normalized spacial score (nSPS) is 25.8. The molecule has 0 radical (unpaired) electrons. The van der Waals surface area contributed by atoms with Gasteiger partial charge in [-0.3, -0.25) is 0 Å². The molecule has 1 saturated heterocycles. The fourth-order valence-corrected chi connectivity index (χ4v) is 4.15. The molecule has 30 heavy (non-hydrogen) atoms. The van der Waals surface area contributed by atoms with Gasteiger partial charge in [0.05, 0.1) is 0 Å². The van der Waals surface area contributed by atoms with Crippen LogP contribution in [0.2, 0.25) is 0 Å². The molecule has 4 N–H and O–H groups in total. The van der Waals surface area contributed by atoms with Gasteiger partial charge in [0.25, 0.3) is 0 Å². The third kappa shape index (κ3) is 4.39. The molecule has 13 heteroatoms. The number of para-hydroxylation sites is 1. The van der Waals surface area contributed by atoms with E-state index in [-0.39, 0.29) is 25.0 Å².